The second kappa shape index (κ2) is 4.57. The van der Waals surface area contributed by atoms with Gasteiger partial charge in [0, 0.05) is 24.2 Å². The van der Waals surface area contributed by atoms with Crippen molar-refractivity contribution in [2.75, 3.05) is 32.0 Å². The Labute approximate surface area is 103 Å². The van der Waals surface area contributed by atoms with Crippen LogP contribution in [0.25, 0.3) is 0 Å². The summed E-state index contributed by atoms with van der Waals surface area (Å²) in [7, 11) is 0. The Bertz CT molecular complexity index is 399. The Morgan fingerprint density at radius 2 is 2.12 bits per heavy atom. The molecule has 2 N–H and O–H groups in total. The summed E-state index contributed by atoms with van der Waals surface area (Å²) in [5.74, 6) is 1.62. The standard InChI is InChI=1S/C14H20N2O/c15-12-3-4-13-11(5-8-17-14(13)9-12)10-16-6-1-2-7-16/h3-4,9,11H,1-2,5-8,10,15H2. The molecule has 1 fully saturated rings. The summed E-state index contributed by atoms with van der Waals surface area (Å²) in [5.41, 5.74) is 7.94. The van der Waals surface area contributed by atoms with E-state index in [0.29, 0.717) is 5.92 Å². The number of ether oxygens (including phenoxy) is 1. The van der Waals surface area contributed by atoms with Crippen molar-refractivity contribution >= 4 is 5.69 Å². The molecule has 2 heterocycles. The molecule has 1 unspecified atom stereocenters. The quantitative estimate of drug-likeness (QED) is 0.795. The van der Waals surface area contributed by atoms with E-state index >= 15 is 0 Å². The molecule has 3 heteroatoms. The number of hydrogen-bond acceptors (Lipinski definition) is 3. The van der Waals surface area contributed by atoms with Gasteiger partial charge in [0.25, 0.3) is 0 Å². The summed E-state index contributed by atoms with van der Waals surface area (Å²) in [4.78, 5) is 2.58. The van der Waals surface area contributed by atoms with E-state index in [4.69, 9.17) is 10.5 Å². The second-order valence-electron chi connectivity index (χ2n) is 5.14. The van der Waals surface area contributed by atoms with Crippen LogP contribution in [0.5, 0.6) is 5.75 Å². The molecule has 2 aliphatic rings. The van der Waals surface area contributed by atoms with Crippen LogP contribution in [0.3, 0.4) is 0 Å². The molecular weight excluding hydrogens is 212 g/mol. The fraction of sp³-hybridized carbons (Fsp3) is 0.571. The molecule has 3 nitrogen and oxygen atoms in total. The van der Waals surface area contributed by atoms with E-state index in [-0.39, 0.29) is 0 Å². The van der Waals surface area contributed by atoms with E-state index in [0.717, 1.165) is 24.5 Å². The Kier molecular flexibility index (Phi) is 2.93. The van der Waals surface area contributed by atoms with Crippen molar-refractivity contribution in [3.05, 3.63) is 23.8 Å². The van der Waals surface area contributed by atoms with Crippen LogP contribution in [0, 0.1) is 0 Å². The number of anilines is 1. The lowest BCUT2D eigenvalue weighted by Crippen LogP contribution is -2.28. The van der Waals surface area contributed by atoms with E-state index in [9.17, 15) is 0 Å². The maximum Gasteiger partial charge on any atom is 0.124 e. The number of fused-ring (bicyclic) bond motifs is 1. The molecule has 0 spiro atoms. The van der Waals surface area contributed by atoms with E-state index in [1.54, 1.807) is 0 Å². The molecular formula is C14H20N2O. The number of hydrogen-bond donors (Lipinski definition) is 1. The number of likely N-dealkylation sites (tertiary alicyclic amines) is 1. The average molecular weight is 232 g/mol. The summed E-state index contributed by atoms with van der Waals surface area (Å²) in [6.45, 7) is 4.54. The van der Waals surface area contributed by atoms with Crippen LogP contribution in [0.4, 0.5) is 5.69 Å². The van der Waals surface area contributed by atoms with Gasteiger partial charge in [-0.05, 0) is 44.0 Å². The third kappa shape index (κ3) is 2.25. The van der Waals surface area contributed by atoms with Crippen molar-refractivity contribution in [1.82, 2.24) is 4.90 Å². The maximum absolute atomic E-state index is 5.80. The molecule has 92 valence electrons. The molecule has 0 aromatic heterocycles. The molecule has 1 saturated heterocycles. The Balaban J connectivity index is 1.78. The number of nitrogen functional groups attached to an aromatic ring is 1. The van der Waals surface area contributed by atoms with Gasteiger partial charge in [0.15, 0.2) is 0 Å². The highest BCUT2D eigenvalue weighted by Gasteiger charge is 2.24. The first-order valence-corrected chi connectivity index (χ1v) is 6.57. The lowest BCUT2D eigenvalue weighted by Gasteiger charge is -2.29. The number of nitrogens with two attached hydrogens (primary N) is 1. The van der Waals surface area contributed by atoms with Gasteiger partial charge in [-0.1, -0.05) is 6.07 Å². The van der Waals surface area contributed by atoms with Crippen LogP contribution < -0.4 is 10.5 Å². The van der Waals surface area contributed by atoms with Crippen molar-refractivity contribution in [2.24, 2.45) is 0 Å². The summed E-state index contributed by atoms with van der Waals surface area (Å²) in [6.07, 6.45) is 3.85. The highest BCUT2D eigenvalue weighted by molar-refractivity contribution is 5.50. The molecule has 3 rings (SSSR count). The molecule has 1 atom stereocenters. The van der Waals surface area contributed by atoms with Crippen molar-refractivity contribution in [1.29, 1.82) is 0 Å². The van der Waals surface area contributed by atoms with Crippen molar-refractivity contribution in [3.8, 4) is 5.75 Å². The normalized spacial score (nSPS) is 24.4. The van der Waals surface area contributed by atoms with Gasteiger partial charge < -0.3 is 15.4 Å². The minimum atomic E-state index is 0.623. The third-order valence-corrected chi connectivity index (χ3v) is 3.88. The van der Waals surface area contributed by atoms with E-state index in [1.807, 2.05) is 12.1 Å². The number of benzene rings is 1. The molecule has 1 aromatic rings. The fourth-order valence-corrected chi connectivity index (χ4v) is 2.95. The maximum atomic E-state index is 5.80. The van der Waals surface area contributed by atoms with Crippen molar-refractivity contribution in [2.45, 2.75) is 25.2 Å². The second-order valence-corrected chi connectivity index (χ2v) is 5.14. The first-order chi connectivity index (χ1) is 8.33. The molecule has 0 bridgehead atoms. The van der Waals surface area contributed by atoms with Gasteiger partial charge in [-0.15, -0.1) is 0 Å². The topological polar surface area (TPSA) is 38.5 Å². The SMILES string of the molecule is Nc1ccc2c(c1)OCCC2CN1CCCC1. The smallest absolute Gasteiger partial charge is 0.124 e. The molecule has 1 aromatic carbocycles. The average Bonchev–Trinajstić information content (AvgIpc) is 2.82. The first-order valence-electron chi connectivity index (χ1n) is 6.57. The van der Waals surface area contributed by atoms with Crippen LogP contribution in [-0.2, 0) is 0 Å². The number of rotatable bonds is 2. The highest BCUT2D eigenvalue weighted by Crippen LogP contribution is 2.35. The predicted octanol–water partition coefficient (Wildman–Crippen LogP) is 2.23. The van der Waals surface area contributed by atoms with Gasteiger partial charge >= 0.3 is 0 Å². The van der Waals surface area contributed by atoms with E-state index in [1.165, 1.54) is 38.0 Å². The zero-order valence-corrected chi connectivity index (χ0v) is 10.2. The zero-order chi connectivity index (χ0) is 11.7. The van der Waals surface area contributed by atoms with Crippen molar-refractivity contribution in [3.63, 3.8) is 0 Å². The molecule has 0 saturated carbocycles. The monoisotopic (exact) mass is 232 g/mol. The predicted molar refractivity (Wildman–Crippen MR) is 69.4 cm³/mol. The zero-order valence-electron chi connectivity index (χ0n) is 10.2. The van der Waals surface area contributed by atoms with Crippen molar-refractivity contribution < 1.29 is 4.74 Å². The van der Waals surface area contributed by atoms with Crippen LogP contribution in [0.15, 0.2) is 18.2 Å². The molecule has 0 radical (unpaired) electrons. The largest absolute Gasteiger partial charge is 0.493 e. The van der Waals surface area contributed by atoms with E-state index in [2.05, 4.69) is 11.0 Å². The molecule has 0 aliphatic carbocycles. The Morgan fingerprint density at radius 1 is 1.29 bits per heavy atom. The van der Waals surface area contributed by atoms with Crippen LogP contribution in [0.2, 0.25) is 0 Å². The summed E-state index contributed by atoms with van der Waals surface area (Å²) < 4.78 is 5.70. The molecule has 0 amide bonds. The summed E-state index contributed by atoms with van der Waals surface area (Å²) >= 11 is 0. The van der Waals surface area contributed by atoms with Crippen LogP contribution in [0.1, 0.15) is 30.7 Å². The van der Waals surface area contributed by atoms with E-state index < -0.39 is 0 Å². The Hall–Kier alpha value is -1.22. The van der Waals surface area contributed by atoms with Gasteiger partial charge in [0.2, 0.25) is 0 Å². The summed E-state index contributed by atoms with van der Waals surface area (Å²) in [5, 5.41) is 0. The Morgan fingerprint density at radius 3 is 2.94 bits per heavy atom. The first kappa shape index (κ1) is 10.9. The van der Waals surface area contributed by atoms with Crippen LogP contribution in [-0.4, -0.2) is 31.1 Å². The highest BCUT2D eigenvalue weighted by atomic mass is 16.5. The van der Waals surface area contributed by atoms with Gasteiger partial charge in [-0.25, -0.2) is 0 Å². The number of nitrogens with zero attached hydrogens (tertiary/aromatic N) is 1. The van der Waals surface area contributed by atoms with Gasteiger partial charge in [0.05, 0.1) is 6.61 Å². The van der Waals surface area contributed by atoms with Gasteiger partial charge in [0.1, 0.15) is 5.75 Å². The lowest BCUT2D eigenvalue weighted by molar-refractivity contribution is 0.232. The van der Waals surface area contributed by atoms with Gasteiger partial charge in [-0.2, -0.15) is 0 Å². The van der Waals surface area contributed by atoms with Gasteiger partial charge in [-0.3, -0.25) is 0 Å². The lowest BCUT2D eigenvalue weighted by atomic mass is 9.92. The summed E-state index contributed by atoms with van der Waals surface area (Å²) in [6, 6.07) is 6.10. The van der Waals surface area contributed by atoms with Crippen LogP contribution >= 0.6 is 0 Å². The fourth-order valence-electron chi connectivity index (χ4n) is 2.95. The molecule has 2 aliphatic heterocycles. The molecule has 17 heavy (non-hydrogen) atoms. The minimum absolute atomic E-state index is 0.623. The minimum Gasteiger partial charge on any atom is -0.493 e. The third-order valence-electron chi connectivity index (χ3n) is 3.88.